The first kappa shape index (κ1) is 8.51. The van der Waals surface area contributed by atoms with E-state index in [9.17, 15) is 4.79 Å². The summed E-state index contributed by atoms with van der Waals surface area (Å²) in [6.45, 7) is 0. The fraction of sp³-hybridized carbons (Fsp3) is 0.100. The lowest BCUT2D eigenvalue weighted by atomic mass is 10.2. The van der Waals surface area contributed by atoms with Crippen LogP contribution in [0.3, 0.4) is 0 Å². The monoisotopic (exact) mass is 237 g/mol. The molecule has 0 aliphatic heterocycles. The highest BCUT2D eigenvalue weighted by Crippen LogP contribution is 2.23. The Labute approximate surface area is 84.3 Å². The van der Waals surface area contributed by atoms with E-state index in [2.05, 4.69) is 15.9 Å². The number of nitrogens with zero attached hydrogens (tertiary/aromatic N) is 1. The second kappa shape index (κ2) is 3.00. The molecule has 0 unspecified atom stereocenters. The largest absolute Gasteiger partial charge is 0.351 e. The maximum absolute atomic E-state index is 10.7. The SMILES string of the molecule is Cn1ccc2cc(Br)c(C=O)cc21. The third-order valence-corrected chi connectivity index (χ3v) is 2.82. The first-order valence-corrected chi connectivity index (χ1v) is 4.71. The predicted molar refractivity (Wildman–Crippen MR) is 56.0 cm³/mol. The maximum Gasteiger partial charge on any atom is 0.151 e. The van der Waals surface area contributed by atoms with E-state index in [1.165, 1.54) is 0 Å². The van der Waals surface area contributed by atoms with Gasteiger partial charge >= 0.3 is 0 Å². The van der Waals surface area contributed by atoms with E-state index in [1.807, 2.05) is 36.0 Å². The van der Waals surface area contributed by atoms with Gasteiger partial charge < -0.3 is 4.57 Å². The molecule has 0 aliphatic carbocycles. The zero-order chi connectivity index (χ0) is 9.42. The van der Waals surface area contributed by atoms with Crippen molar-refractivity contribution in [1.82, 2.24) is 4.57 Å². The normalized spacial score (nSPS) is 10.6. The molecular formula is C10H8BrNO. The fourth-order valence-corrected chi connectivity index (χ4v) is 1.85. The number of benzene rings is 1. The van der Waals surface area contributed by atoms with Crippen LogP contribution >= 0.6 is 15.9 Å². The van der Waals surface area contributed by atoms with Crippen molar-refractivity contribution in [2.24, 2.45) is 7.05 Å². The highest BCUT2D eigenvalue weighted by Gasteiger charge is 2.03. The topological polar surface area (TPSA) is 22.0 Å². The van der Waals surface area contributed by atoms with Crippen LogP contribution in [0.1, 0.15) is 10.4 Å². The van der Waals surface area contributed by atoms with Gasteiger partial charge in [0.1, 0.15) is 0 Å². The number of halogens is 1. The zero-order valence-electron chi connectivity index (χ0n) is 7.12. The molecule has 3 heteroatoms. The Morgan fingerprint density at radius 1 is 1.46 bits per heavy atom. The van der Waals surface area contributed by atoms with Crippen molar-refractivity contribution in [3.8, 4) is 0 Å². The van der Waals surface area contributed by atoms with Crippen LogP contribution in [0.5, 0.6) is 0 Å². The lowest BCUT2D eigenvalue weighted by Gasteiger charge is -1.99. The van der Waals surface area contributed by atoms with Crippen molar-refractivity contribution in [2.75, 3.05) is 0 Å². The van der Waals surface area contributed by atoms with Gasteiger partial charge in [-0.3, -0.25) is 4.79 Å². The number of carbonyl (C=O) groups excluding carboxylic acids is 1. The summed E-state index contributed by atoms with van der Waals surface area (Å²) in [5.74, 6) is 0. The molecule has 0 amide bonds. The Balaban J connectivity index is 2.84. The number of rotatable bonds is 1. The first-order valence-electron chi connectivity index (χ1n) is 3.92. The lowest BCUT2D eigenvalue weighted by molar-refractivity contribution is 0.112. The summed E-state index contributed by atoms with van der Waals surface area (Å²) in [5.41, 5.74) is 1.76. The lowest BCUT2D eigenvalue weighted by Crippen LogP contribution is -1.87. The Kier molecular flexibility index (Phi) is 1.96. The van der Waals surface area contributed by atoms with E-state index >= 15 is 0 Å². The molecule has 0 spiro atoms. The van der Waals surface area contributed by atoms with E-state index in [-0.39, 0.29) is 0 Å². The van der Waals surface area contributed by atoms with Crippen LogP contribution < -0.4 is 0 Å². The molecule has 13 heavy (non-hydrogen) atoms. The van der Waals surface area contributed by atoms with Gasteiger partial charge in [0.25, 0.3) is 0 Å². The Morgan fingerprint density at radius 3 is 2.92 bits per heavy atom. The summed E-state index contributed by atoms with van der Waals surface area (Å²) >= 11 is 3.35. The van der Waals surface area contributed by atoms with Crippen LogP contribution in [0.15, 0.2) is 28.9 Å². The van der Waals surface area contributed by atoms with Crippen LogP contribution in [0.2, 0.25) is 0 Å². The number of aryl methyl sites for hydroxylation is 1. The number of hydrogen-bond acceptors (Lipinski definition) is 1. The smallest absolute Gasteiger partial charge is 0.151 e. The molecule has 0 aliphatic rings. The van der Waals surface area contributed by atoms with Crippen molar-refractivity contribution >= 4 is 33.1 Å². The highest BCUT2D eigenvalue weighted by molar-refractivity contribution is 9.10. The van der Waals surface area contributed by atoms with Crippen LogP contribution in [0.4, 0.5) is 0 Å². The summed E-state index contributed by atoms with van der Waals surface area (Å²) in [7, 11) is 1.96. The Morgan fingerprint density at radius 2 is 2.23 bits per heavy atom. The Bertz CT molecular complexity index is 473. The molecular weight excluding hydrogens is 230 g/mol. The van der Waals surface area contributed by atoms with Gasteiger partial charge in [-0.05, 0) is 18.2 Å². The molecule has 1 heterocycles. The van der Waals surface area contributed by atoms with Crippen molar-refractivity contribution in [3.63, 3.8) is 0 Å². The molecule has 1 aromatic carbocycles. The second-order valence-electron chi connectivity index (χ2n) is 2.98. The van der Waals surface area contributed by atoms with Crippen molar-refractivity contribution in [3.05, 3.63) is 34.4 Å². The molecule has 2 rings (SSSR count). The number of carbonyl (C=O) groups is 1. The average molecular weight is 238 g/mol. The first-order chi connectivity index (χ1) is 6.22. The number of fused-ring (bicyclic) bond motifs is 1. The number of hydrogen-bond donors (Lipinski definition) is 0. The van der Waals surface area contributed by atoms with Gasteiger partial charge in [-0.25, -0.2) is 0 Å². The third kappa shape index (κ3) is 1.29. The van der Waals surface area contributed by atoms with Gasteiger partial charge in [-0.15, -0.1) is 0 Å². The maximum atomic E-state index is 10.7. The molecule has 0 bridgehead atoms. The van der Waals surface area contributed by atoms with Crippen molar-refractivity contribution in [2.45, 2.75) is 0 Å². The number of aldehydes is 1. The molecule has 0 saturated carbocycles. The van der Waals surface area contributed by atoms with Crippen LogP contribution in [-0.2, 0) is 7.05 Å². The molecule has 66 valence electrons. The zero-order valence-corrected chi connectivity index (χ0v) is 8.71. The minimum absolute atomic E-state index is 0.689. The minimum atomic E-state index is 0.689. The Hall–Kier alpha value is -1.09. The molecule has 2 aromatic rings. The summed E-state index contributed by atoms with van der Waals surface area (Å²) < 4.78 is 2.84. The quantitative estimate of drug-likeness (QED) is 0.700. The van der Waals surface area contributed by atoms with E-state index in [1.54, 1.807) is 0 Å². The highest BCUT2D eigenvalue weighted by atomic mass is 79.9. The summed E-state index contributed by atoms with van der Waals surface area (Å²) in [6.07, 6.45) is 2.84. The standard InChI is InChI=1S/C10H8BrNO/c1-12-3-2-7-4-9(11)8(6-13)5-10(7)12/h2-6H,1H3. The van der Waals surface area contributed by atoms with E-state index in [0.29, 0.717) is 5.56 Å². The van der Waals surface area contributed by atoms with Gasteiger partial charge in [0, 0.05) is 34.2 Å². The summed E-state index contributed by atoms with van der Waals surface area (Å²) in [4.78, 5) is 10.7. The molecule has 0 N–H and O–H groups in total. The van der Waals surface area contributed by atoms with Gasteiger partial charge in [-0.1, -0.05) is 15.9 Å². The fourth-order valence-electron chi connectivity index (χ4n) is 1.40. The predicted octanol–water partition coefficient (Wildman–Crippen LogP) is 2.75. The molecule has 1 aromatic heterocycles. The average Bonchev–Trinajstić information content (AvgIpc) is 2.46. The van der Waals surface area contributed by atoms with Crippen LogP contribution in [-0.4, -0.2) is 10.9 Å². The summed E-state index contributed by atoms with van der Waals surface area (Å²) in [5, 5.41) is 1.14. The van der Waals surface area contributed by atoms with Crippen molar-refractivity contribution < 1.29 is 4.79 Å². The van der Waals surface area contributed by atoms with Gasteiger partial charge in [0.05, 0.1) is 0 Å². The molecule has 0 saturated heterocycles. The van der Waals surface area contributed by atoms with Crippen molar-refractivity contribution in [1.29, 1.82) is 0 Å². The minimum Gasteiger partial charge on any atom is -0.351 e. The van der Waals surface area contributed by atoms with E-state index in [4.69, 9.17) is 0 Å². The van der Waals surface area contributed by atoms with E-state index < -0.39 is 0 Å². The molecule has 0 radical (unpaired) electrons. The van der Waals surface area contributed by atoms with Crippen LogP contribution in [0, 0.1) is 0 Å². The van der Waals surface area contributed by atoms with Gasteiger partial charge in [0.15, 0.2) is 6.29 Å². The molecule has 2 nitrogen and oxygen atoms in total. The molecule has 0 fully saturated rings. The number of aromatic nitrogens is 1. The van der Waals surface area contributed by atoms with Crippen LogP contribution in [0.25, 0.3) is 10.9 Å². The summed E-state index contributed by atoms with van der Waals surface area (Å²) in [6, 6.07) is 5.86. The van der Waals surface area contributed by atoms with Gasteiger partial charge in [0.2, 0.25) is 0 Å². The van der Waals surface area contributed by atoms with Gasteiger partial charge in [-0.2, -0.15) is 0 Å². The molecule has 0 atom stereocenters. The third-order valence-electron chi connectivity index (χ3n) is 2.13. The van der Waals surface area contributed by atoms with E-state index in [0.717, 1.165) is 21.7 Å². The second-order valence-corrected chi connectivity index (χ2v) is 3.83.